The Kier molecular flexibility index (Phi) is 3.34. The fourth-order valence-corrected chi connectivity index (χ4v) is 3.47. The Balaban J connectivity index is 1.79. The Morgan fingerprint density at radius 2 is 2.08 bits per heavy atom. The van der Waals surface area contributed by atoms with Crippen LogP contribution in [0.1, 0.15) is 34.7 Å². The number of amides is 1. The molecule has 0 saturated carbocycles. The molecule has 0 aliphatic carbocycles. The van der Waals surface area contributed by atoms with E-state index >= 15 is 0 Å². The number of aromatic nitrogens is 4. The Bertz CT molecular complexity index is 1110. The number of carbonyl (C=O) groups is 1. The first-order valence-corrected chi connectivity index (χ1v) is 8.05. The molecule has 3 aromatic heterocycles. The van der Waals surface area contributed by atoms with Gasteiger partial charge in [0, 0.05) is 25.0 Å². The molecule has 1 atom stereocenters. The van der Waals surface area contributed by atoms with Gasteiger partial charge in [0.15, 0.2) is 0 Å². The fraction of sp³-hybridized carbons (Fsp3) is 0.294. The van der Waals surface area contributed by atoms with Crippen molar-refractivity contribution in [3.63, 3.8) is 0 Å². The summed E-state index contributed by atoms with van der Waals surface area (Å²) in [5.41, 5.74) is 0.870. The molecule has 0 spiro atoms. The number of carbonyl (C=O) groups excluding carboxylic acids is 1. The SMILES string of the molecule is Cc1cc(C(=O)N2CCn3cccc3[C@@H]2C)nc2[nH]c(=O)[nH]c(=O)c12. The van der Waals surface area contributed by atoms with Crippen molar-refractivity contribution in [2.24, 2.45) is 0 Å². The van der Waals surface area contributed by atoms with E-state index in [4.69, 9.17) is 0 Å². The molecule has 1 aliphatic rings. The summed E-state index contributed by atoms with van der Waals surface area (Å²) in [6.45, 7) is 5.00. The summed E-state index contributed by atoms with van der Waals surface area (Å²) in [6, 6.07) is 5.49. The summed E-state index contributed by atoms with van der Waals surface area (Å²) in [4.78, 5) is 47.1. The molecule has 3 aromatic rings. The van der Waals surface area contributed by atoms with Crippen LogP contribution in [0.3, 0.4) is 0 Å². The third kappa shape index (κ3) is 2.37. The van der Waals surface area contributed by atoms with Crippen molar-refractivity contribution in [1.29, 1.82) is 0 Å². The summed E-state index contributed by atoms with van der Waals surface area (Å²) < 4.78 is 2.13. The smallest absolute Gasteiger partial charge is 0.327 e. The molecular weight excluding hydrogens is 322 g/mol. The predicted octanol–water partition coefficient (Wildman–Crippen LogP) is 0.938. The lowest BCUT2D eigenvalue weighted by molar-refractivity contribution is 0.0638. The van der Waals surface area contributed by atoms with Crippen molar-refractivity contribution < 1.29 is 4.79 Å². The molecule has 4 rings (SSSR count). The van der Waals surface area contributed by atoms with Gasteiger partial charge in [0.05, 0.1) is 11.4 Å². The topological polar surface area (TPSA) is 104 Å². The van der Waals surface area contributed by atoms with Crippen molar-refractivity contribution in [3.8, 4) is 0 Å². The monoisotopic (exact) mass is 339 g/mol. The van der Waals surface area contributed by atoms with E-state index in [9.17, 15) is 14.4 Å². The van der Waals surface area contributed by atoms with Crippen molar-refractivity contribution in [1.82, 2.24) is 24.4 Å². The normalized spacial score (nSPS) is 16.9. The van der Waals surface area contributed by atoms with Gasteiger partial charge in [-0.25, -0.2) is 9.78 Å². The molecule has 0 aromatic carbocycles. The maximum Gasteiger partial charge on any atom is 0.327 e. The third-order valence-electron chi connectivity index (χ3n) is 4.72. The van der Waals surface area contributed by atoms with Gasteiger partial charge in [-0.3, -0.25) is 19.6 Å². The molecule has 128 valence electrons. The molecule has 0 saturated heterocycles. The van der Waals surface area contributed by atoms with E-state index in [0.717, 1.165) is 12.2 Å². The van der Waals surface area contributed by atoms with Crippen LogP contribution in [0.15, 0.2) is 34.0 Å². The largest absolute Gasteiger partial charge is 0.348 e. The molecule has 2 N–H and O–H groups in total. The van der Waals surface area contributed by atoms with E-state index in [1.54, 1.807) is 17.9 Å². The van der Waals surface area contributed by atoms with E-state index in [-0.39, 0.29) is 28.7 Å². The highest BCUT2D eigenvalue weighted by Crippen LogP contribution is 2.27. The number of aryl methyl sites for hydroxylation is 1. The van der Waals surface area contributed by atoms with Crippen molar-refractivity contribution in [3.05, 3.63) is 62.2 Å². The standard InChI is InChI=1S/C17H17N5O3/c1-9-8-11(18-14-13(9)15(23)20-17(25)19-14)16(24)22-7-6-21-5-3-4-12(21)10(22)2/h3-5,8,10H,6-7H2,1-2H3,(H2,18,19,20,23,25)/t10-/m0/s1. The quantitative estimate of drug-likeness (QED) is 0.688. The van der Waals surface area contributed by atoms with E-state index in [2.05, 4.69) is 19.5 Å². The van der Waals surface area contributed by atoms with Gasteiger partial charge in [0.1, 0.15) is 11.3 Å². The molecule has 8 nitrogen and oxygen atoms in total. The van der Waals surface area contributed by atoms with Crippen molar-refractivity contribution >= 4 is 16.9 Å². The van der Waals surface area contributed by atoms with Gasteiger partial charge < -0.3 is 9.47 Å². The average molecular weight is 339 g/mol. The second-order valence-corrected chi connectivity index (χ2v) is 6.26. The zero-order valence-corrected chi connectivity index (χ0v) is 13.9. The lowest BCUT2D eigenvalue weighted by Gasteiger charge is -2.34. The third-order valence-corrected chi connectivity index (χ3v) is 4.72. The number of hydrogen-bond donors (Lipinski definition) is 2. The van der Waals surface area contributed by atoms with Gasteiger partial charge in [-0.05, 0) is 37.6 Å². The molecule has 1 aliphatic heterocycles. The number of fused-ring (bicyclic) bond motifs is 2. The van der Waals surface area contributed by atoms with Gasteiger partial charge in [-0.15, -0.1) is 0 Å². The number of nitrogens with one attached hydrogen (secondary N) is 2. The highest BCUT2D eigenvalue weighted by molar-refractivity contribution is 5.95. The Morgan fingerprint density at radius 1 is 1.28 bits per heavy atom. The number of rotatable bonds is 1. The zero-order valence-electron chi connectivity index (χ0n) is 13.9. The molecule has 0 unspecified atom stereocenters. The number of aromatic amines is 2. The van der Waals surface area contributed by atoms with Crippen LogP contribution in [-0.2, 0) is 6.54 Å². The predicted molar refractivity (Wildman–Crippen MR) is 91.6 cm³/mol. The van der Waals surface area contributed by atoms with E-state index in [0.29, 0.717) is 12.1 Å². The number of H-pyrrole nitrogens is 2. The highest BCUT2D eigenvalue weighted by Gasteiger charge is 2.29. The van der Waals surface area contributed by atoms with Crippen LogP contribution in [-0.4, -0.2) is 36.9 Å². The summed E-state index contributed by atoms with van der Waals surface area (Å²) in [7, 11) is 0. The molecule has 1 amide bonds. The Morgan fingerprint density at radius 3 is 2.88 bits per heavy atom. The minimum absolute atomic E-state index is 0.0766. The maximum atomic E-state index is 13.0. The minimum Gasteiger partial charge on any atom is -0.348 e. The van der Waals surface area contributed by atoms with Crippen LogP contribution in [0.2, 0.25) is 0 Å². The van der Waals surface area contributed by atoms with Crippen molar-refractivity contribution in [2.45, 2.75) is 26.4 Å². The van der Waals surface area contributed by atoms with Gasteiger partial charge in [0.2, 0.25) is 0 Å². The molecular formula is C17H17N5O3. The first-order chi connectivity index (χ1) is 12.0. The van der Waals surface area contributed by atoms with Crippen LogP contribution in [0.5, 0.6) is 0 Å². The second kappa shape index (κ2) is 5.44. The van der Waals surface area contributed by atoms with Gasteiger partial charge in [-0.1, -0.05) is 0 Å². The Labute approximate surface area is 142 Å². The summed E-state index contributed by atoms with van der Waals surface area (Å²) >= 11 is 0. The van der Waals surface area contributed by atoms with Crippen molar-refractivity contribution in [2.75, 3.05) is 6.54 Å². The molecule has 0 fully saturated rings. The van der Waals surface area contributed by atoms with Gasteiger partial charge >= 0.3 is 5.69 Å². The van der Waals surface area contributed by atoms with E-state index in [1.165, 1.54) is 0 Å². The molecule has 25 heavy (non-hydrogen) atoms. The summed E-state index contributed by atoms with van der Waals surface area (Å²) in [5.74, 6) is -0.217. The summed E-state index contributed by atoms with van der Waals surface area (Å²) in [6.07, 6.45) is 2.00. The zero-order chi connectivity index (χ0) is 17.7. The van der Waals surface area contributed by atoms with Crippen LogP contribution in [0.4, 0.5) is 0 Å². The fourth-order valence-electron chi connectivity index (χ4n) is 3.47. The molecule has 8 heteroatoms. The van der Waals surface area contributed by atoms with Crippen LogP contribution >= 0.6 is 0 Å². The van der Waals surface area contributed by atoms with Crippen LogP contribution in [0, 0.1) is 6.92 Å². The minimum atomic E-state index is -0.641. The number of pyridine rings is 1. The van der Waals surface area contributed by atoms with Crippen LogP contribution in [0.25, 0.3) is 11.0 Å². The molecule has 4 heterocycles. The number of nitrogens with zero attached hydrogens (tertiary/aromatic N) is 3. The lowest BCUT2D eigenvalue weighted by atomic mass is 10.1. The average Bonchev–Trinajstić information content (AvgIpc) is 3.03. The second-order valence-electron chi connectivity index (χ2n) is 6.26. The first kappa shape index (κ1) is 15.4. The van der Waals surface area contributed by atoms with Crippen LogP contribution < -0.4 is 11.2 Å². The lowest BCUT2D eigenvalue weighted by Crippen LogP contribution is -2.41. The van der Waals surface area contributed by atoms with E-state index < -0.39 is 11.2 Å². The van der Waals surface area contributed by atoms with Gasteiger partial charge in [0.25, 0.3) is 11.5 Å². The summed E-state index contributed by atoms with van der Waals surface area (Å²) in [5, 5.41) is 0.289. The highest BCUT2D eigenvalue weighted by atomic mass is 16.2. The Hall–Kier alpha value is -3.16. The van der Waals surface area contributed by atoms with Gasteiger partial charge in [-0.2, -0.15) is 0 Å². The maximum absolute atomic E-state index is 13.0. The van der Waals surface area contributed by atoms with E-state index in [1.807, 2.05) is 25.3 Å². The molecule has 0 radical (unpaired) electrons. The molecule has 0 bridgehead atoms. The first-order valence-electron chi connectivity index (χ1n) is 8.05. The number of hydrogen-bond acceptors (Lipinski definition) is 4.